The normalized spacial score (nSPS) is 19.3. The van der Waals surface area contributed by atoms with Crippen LogP contribution in [0.4, 0.5) is 0 Å². The lowest BCUT2D eigenvalue weighted by Gasteiger charge is -2.38. The zero-order chi connectivity index (χ0) is 17.0. The Hall–Kier alpha value is -1.88. The molecule has 5 nitrogen and oxygen atoms in total. The van der Waals surface area contributed by atoms with Crippen LogP contribution in [0.3, 0.4) is 0 Å². The Labute approximate surface area is 137 Å². The minimum Gasteiger partial charge on any atom is -0.496 e. The standard InChI is InChI=1S/C18H26N2O3/c1-12(19)16-6-4-5-9-20(16)18(22)11-15-10-14(13(2)21)7-8-17(15)23-3/h7-8,10,12,16H,4-6,9,11,19H2,1-3H3. The maximum atomic E-state index is 12.8. The number of hydrogen-bond donors (Lipinski definition) is 1. The van der Waals surface area contributed by atoms with Crippen LogP contribution in [-0.2, 0) is 11.2 Å². The molecule has 5 heteroatoms. The Morgan fingerprint density at radius 3 is 2.74 bits per heavy atom. The summed E-state index contributed by atoms with van der Waals surface area (Å²) in [6, 6.07) is 5.28. The molecule has 23 heavy (non-hydrogen) atoms. The molecule has 1 aliphatic heterocycles. The van der Waals surface area contributed by atoms with E-state index in [0.29, 0.717) is 11.3 Å². The van der Waals surface area contributed by atoms with Gasteiger partial charge in [-0.25, -0.2) is 0 Å². The minimum atomic E-state index is -0.0373. The molecule has 0 aromatic heterocycles. The first-order valence-electron chi connectivity index (χ1n) is 8.17. The Morgan fingerprint density at radius 2 is 2.13 bits per heavy atom. The molecule has 0 radical (unpaired) electrons. The van der Waals surface area contributed by atoms with Gasteiger partial charge in [-0.2, -0.15) is 0 Å². The number of nitrogens with two attached hydrogens (primary N) is 1. The maximum Gasteiger partial charge on any atom is 0.227 e. The molecular weight excluding hydrogens is 292 g/mol. The van der Waals surface area contributed by atoms with Gasteiger partial charge in [-0.3, -0.25) is 9.59 Å². The van der Waals surface area contributed by atoms with Crippen LogP contribution in [0.5, 0.6) is 5.75 Å². The zero-order valence-electron chi connectivity index (χ0n) is 14.2. The summed E-state index contributed by atoms with van der Waals surface area (Å²) in [5.74, 6) is 0.663. The van der Waals surface area contributed by atoms with Gasteiger partial charge in [0.05, 0.1) is 13.5 Å². The first-order chi connectivity index (χ1) is 10.9. The van der Waals surface area contributed by atoms with Gasteiger partial charge in [0.25, 0.3) is 0 Å². The van der Waals surface area contributed by atoms with E-state index in [4.69, 9.17) is 10.5 Å². The highest BCUT2D eigenvalue weighted by molar-refractivity contribution is 5.94. The molecule has 1 aliphatic rings. The highest BCUT2D eigenvalue weighted by Gasteiger charge is 2.29. The molecule has 2 unspecified atom stereocenters. The summed E-state index contributed by atoms with van der Waals surface area (Å²) in [6.45, 7) is 4.22. The highest BCUT2D eigenvalue weighted by Crippen LogP contribution is 2.24. The lowest BCUT2D eigenvalue weighted by atomic mass is 9.95. The van der Waals surface area contributed by atoms with Crippen molar-refractivity contribution in [1.82, 2.24) is 4.90 Å². The smallest absolute Gasteiger partial charge is 0.227 e. The summed E-state index contributed by atoms with van der Waals surface area (Å²) in [5.41, 5.74) is 7.39. The second-order valence-corrected chi connectivity index (χ2v) is 6.27. The number of carbonyl (C=O) groups excluding carboxylic acids is 2. The first kappa shape index (κ1) is 17.5. The number of rotatable bonds is 5. The number of likely N-dealkylation sites (tertiary alicyclic amines) is 1. The number of ether oxygens (including phenoxy) is 1. The molecule has 126 valence electrons. The van der Waals surface area contributed by atoms with Crippen LogP contribution in [0, 0.1) is 0 Å². The van der Waals surface area contributed by atoms with E-state index in [1.807, 2.05) is 11.8 Å². The number of ketones is 1. The van der Waals surface area contributed by atoms with E-state index in [-0.39, 0.29) is 30.2 Å². The van der Waals surface area contributed by atoms with Crippen molar-refractivity contribution in [2.45, 2.75) is 51.6 Å². The zero-order valence-corrected chi connectivity index (χ0v) is 14.2. The molecule has 1 aromatic carbocycles. The van der Waals surface area contributed by atoms with Crippen molar-refractivity contribution in [3.8, 4) is 5.75 Å². The number of amides is 1. The quantitative estimate of drug-likeness (QED) is 0.845. The van der Waals surface area contributed by atoms with Crippen LogP contribution < -0.4 is 10.5 Å². The largest absolute Gasteiger partial charge is 0.496 e. The molecule has 1 amide bonds. The van der Waals surface area contributed by atoms with E-state index in [2.05, 4.69) is 0 Å². The summed E-state index contributed by atoms with van der Waals surface area (Å²) < 4.78 is 5.34. The number of hydrogen-bond acceptors (Lipinski definition) is 4. The average molecular weight is 318 g/mol. The van der Waals surface area contributed by atoms with Gasteiger partial charge in [0.2, 0.25) is 5.91 Å². The highest BCUT2D eigenvalue weighted by atomic mass is 16.5. The SMILES string of the molecule is COc1ccc(C(C)=O)cc1CC(=O)N1CCCCC1C(C)N. The Morgan fingerprint density at radius 1 is 1.39 bits per heavy atom. The van der Waals surface area contributed by atoms with Crippen LogP contribution in [0.1, 0.15) is 49.0 Å². The van der Waals surface area contributed by atoms with Crippen LogP contribution in [0.25, 0.3) is 0 Å². The number of piperidine rings is 1. The van der Waals surface area contributed by atoms with Crippen LogP contribution in [0.2, 0.25) is 0 Å². The van der Waals surface area contributed by atoms with Gasteiger partial charge in [-0.1, -0.05) is 0 Å². The third-order valence-corrected chi connectivity index (χ3v) is 4.51. The van der Waals surface area contributed by atoms with E-state index >= 15 is 0 Å². The van der Waals surface area contributed by atoms with Crippen molar-refractivity contribution >= 4 is 11.7 Å². The van der Waals surface area contributed by atoms with Gasteiger partial charge in [-0.15, -0.1) is 0 Å². The summed E-state index contributed by atoms with van der Waals surface area (Å²) in [6.07, 6.45) is 3.31. The molecule has 0 bridgehead atoms. The van der Waals surface area contributed by atoms with E-state index in [9.17, 15) is 9.59 Å². The van der Waals surface area contributed by atoms with Crippen molar-refractivity contribution in [1.29, 1.82) is 0 Å². The van der Waals surface area contributed by atoms with E-state index in [1.165, 1.54) is 6.92 Å². The molecule has 1 saturated heterocycles. The molecule has 0 aliphatic carbocycles. The van der Waals surface area contributed by atoms with Crippen molar-refractivity contribution in [2.75, 3.05) is 13.7 Å². The monoisotopic (exact) mass is 318 g/mol. The van der Waals surface area contributed by atoms with Crippen LogP contribution in [0.15, 0.2) is 18.2 Å². The van der Waals surface area contributed by atoms with Crippen molar-refractivity contribution < 1.29 is 14.3 Å². The number of benzene rings is 1. The lowest BCUT2D eigenvalue weighted by Crippen LogP contribution is -2.52. The molecule has 2 N–H and O–H groups in total. The molecule has 1 aromatic rings. The topological polar surface area (TPSA) is 72.6 Å². The predicted octanol–water partition coefficient (Wildman–Crippen LogP) is 2.17. The molecule has 2 atom stereocenters. The Balaban J connectivity index is 2.21. The fourth-order valence-electron chi connectivity index (χ4n) is 3.21. The maximum absolute atomic E-state index is 12.8. The van der Waals surface area contributed by atoms with E-state index in [1.54, 1.807) is 25.3 Å². The van der Waals surface area contributed by atoms with Crippen molar-refractivity contribution in [2.24, 2.45) is 5.73 Å². The van der Waals surface area contributed by atoms with E-state index in [0.717, 1.165) is 31.4 Å². The predicted molar refractivity (Wildman–Crippen MR) is 89.7 cm³/mol. The molecule has 1 heterocycles. The third-order valence-electron chi connectivity index (χ3n) is 4.51. The summed E-state index contributed by atoms with van der Waals surface area (Å²) in [5, 5.41) is 0. The molecular formula is C18H26N2O3. The average Bonchev–Trinajstić information content (AvgIpc) is 2.54. The van der Waals surface area contributed by atoms with E-state index < -0.39 is 0 Å². The van der Waals surface area contributed by atoms with Gasteiger partial charge >= 0.3 is 0 Å². The van der Waals surface area contributed by atoms with Crippen molar-refractivity contribution in [3.63, 3.8) is 0 Å². The third kappa shape index (κ3) is 4.10. The van der Waals surface area contributed by atoms with Gasteiger partial charge in [0, 0.05) is 29.8 Å². The number of carbonyl (C=O) groups is 2. The molecule has 1 fully saturated rings. The number of Topliss-reactive ketones (excluding diaryl/α,β-unsaturated/α-hetero) is 1. The molecule has 2 rings (SSSR count). The van der Waals surface area contributed by atoms with Gasteiger partial charge in [0.1, 0.15) is 5.75 Å². The summed E-state index contributed by atoms with van der Waals surface area (Å²) >= 11 is 0. The fourth-order valence-corrected chi connectivity index (χ4v) is 3.21. The van der Waals surface area contributed by atoms with Crippen molar-refractivity contribution in [3.05, 3.63) is 29.3 Å². The number of methoxy groups -OCH3 is 1. The van der Waals surface area contributed by atoms with Gasteiger partial charge < -0.3 is 15.4 Å². The second-order valence-electron chi connectivity index (χ2n) is 6.27. The minimum absolute atomic E-state index is 0.0206. The first-order valence-corrected chi connectivity index (χ1v) is 8.17. The van der Waals surface area contributed by atoms with Crippen LogP contribution in [-0.4, -0.2) is 42.3 Å². The summed E-state index contributed by atoms with van der Waals surface area (Å²) in [7, 11) is 1.57. The Kier molecular flexibility index (Phi) is 5.77. The van der Waals surface area contributed by atoms with Gasteiger partial charge in [-0.05, 0) is 51.3 Å². The second kappa shape index (κ2) is 7.59. The molecule has 0 spiro atoms. The fraction of sp³-hybridized carbons (Fsp3) is 0.556. The molecule has 0 saturated carbocycles. The summed E-state index contributed by atoms with van der Waals surface area (Å²) in [4.78, 5) is 26.2. The van der Waals surface area contributed by atoms with Gasteiger partial charge in [0.15, 0.2) is 5.78 Å². The van der Waals surface area contributed by atoms with Crippen LogP contribution >= 0.6 is 0 Å². The Bertz CT molecular complexity index is 584. The lowest BCUT2D eigenvalue weighted by molar-refractivity contribution is -0.134. The number of nitrogens with zero attached hydrogens (tertiary/aromatic N) is 1.